The zero-order chi connectivity index (χ0) is 14.7. The quantitative estimate of drug-likeness (QED) is 0.569. The highest BCUT2D eigenvalue weighted by Gasteiger charge is 2.07. The lowest BCUT2D eigenvalue weighted by atomic mass is 10.2. The van der Waals surface area contributed by atoms with Crippen molar-refractivity contribution in [1.82, 2.24) is 25.6 Å². The summed E-state index contributed by atoms with van der Waals surface area (Å²) in [5, 5.41) is 11.7. The second-order valence-corrected chi connectivity index (χ2v) is 4.48. The third-order valence-corrected chi connectivity index (χ3v) is 3.05. The highest BCUT2D eigenvalue weighted by molar-refractivity contribution is 6.34. The van der Waals surface area contributed by atoms with E-state index in [4.69, 9.17) is 11.6 Å². The number of fused-ring (bicyclic) bond motifs is 1. The van der Waals surface area contributed by atoms with E-state index in [9.17, 15) is 4.79 Å². The number of aromatic amines is 1. The zero-order valence-electron chi connectivity index (χ0n) is 10.6. The molecule has 0 aromatic carbocycles. The molecule has 0 saturated carbocycles. The van der Waals surface area contributed by atoms with Crippen molar-refractivity contribution in [3.8, 4) is 0 Å². The first-order valence-corrected chi connectivity index (χ1v) is 6.34. The van der Waals surface area contributed by atoms with Crippen LogP contribution in [0.3, 0.4) is 0 Å². The van der Waals surface area contributed by atoms with E-state index in [1.54, 1.807) is 24.5 Å². The number of nitrogens with zero attached hydrogens (tertiary/aromatic N) is 4. The smallest absolute Gasteiger partial charge is 0.267 e. The van der Waals surface area contributed by atoms with Gasteiger partial charge < -0.3 is 0 Å². The Hall–Kier alpha value is -2.80. The number of hydrogen-bond donors (Lipinski definition) is 2. The summed E-state index contributed by atoms with van der Waals surface area (Å²) in [5.74, 6) is -0.325. The van der Waals surface area contributed by atoms with Crippen LogP contribution in [0.1, 0.15) is 15.9 Å². The third-order valence-electron chi connectivity index (χ3n) is 2.76. The Morgan fingerprint density at radius 1 is 1.29 bits per heavy atom. The molecule has 21 heavy (non-hydrogen) atoms. The fraction of sp³-hybridized carbons (Fsp3) is 0. The van der Waals surface area contributed by atoms with Gasteiger partial charge in [-0.3, -0.25) is 19.9 Å². The largest absolute Gasteiger partial charge is 0.271 e. The maximum atomic E-state index is 11.8. The van der Waals surface area contributed by atoms with Crippen molar-refractivity contribution < 1.29 is 4.79 Å². The van der Waals surface area contributed by atoms with Crippen molar-refractivity contribution in [2.75, 3.05) is 0 Å². The zero-order valence-corrected chi connectivity index (χ0v) is 11.4. The van der Waals surface area contributed by atoms with Crippen molar-refractivity contribution in [3.05, 3.63) is 53.2 Å². The lowest BCUT2D eigenvalue weighted by Gasteiger charge is -1.98. The van der Waals surface area contributed by atoms with Gasteiger partial charge in [0.05, 0.1) is 11.6 Å². The molecule has 3 aromatic heterocycles. The van der Waals surface area contributed by atoms with Crippen molar-refractivity contribution in [3.63, 3.8) is 0 Å². The fourth-order valence-corrected chi connectivity index (χ4v) is 1.92. The summed E-state index contributed by atoms with van der Waals surface area (Å²) in [6, 6.07) is 3.20. The number of pyridine rings is 2. The molecule has 3 rings (SSSR count). The molecule has 8 heteroatoms. The summed E-state index contributed by atoms with van der Waals surface area (Å²) < 4.78 is 0. The molecule has 7 nitrogen and oxygen atoms in total. The number of aromatic nitrogens is 4. The van der Waals surface area contributed by atoms with Crippen LogP contribution in [-0.2, 0) is 0 Å². The minimum absolute atomic E-state index is 0.325. The van der Waals surface area contributed by atoms with Gasteiger partial charge in [-0.25, -0.2) is 5.43 Å². The molecule has 0 aliphatic rings. The van der Waals surface area contributed by atoms with E-state index in [1.165, 1.54) is 18.6 Å². The van der Waals surface area contributed by atoms with Gasteiger partial charge in [0.2, 0.25) is 0 Å². The summed E-state index contributed by atoms with van der Waals surface area (Å²) in [6.45, 7) is 0. The van der Waals surface area contributed by atoms with E-state index in [0.717, 1.165) is 0 Å². The first kappa shape index (κ1) is 13.2. The first-order chi connectivity index (χ1) is 10.3. The number of nitrogens with one attached hydrogen (secondary N) is 2. The SMILES string of the molecule is O=C(NN=Cc1cncc2c(Cl)[nH]nc12)c1ccncc1. The summed E-state index contributed by atoms with van der Waals surface area (Å²) in [4.78, 5) is 19.7. The van der Waals surface area contributed by atoms with Gasteiger partial charge >= 0.3 is 0 Å². The highest BCUT2D eigenvalue weighted by Crippen LogP contribution is 2.20. The maximum Gasteiger partial charge on any atom is 0.271 e. The Morgan fingerprint density at radius 2 is 2.10 bits per heavy atom. The number of amides is 1. The maximum absolute atomic E-state index is 11.8. The van der Waals surface area contributed by atoms with Crippen LogP contribution in [0.2, 0.25) is 5.15 Å². The van der Waals surface area contributed by atoms with Crippen LogP contribution in [-0.4, -0.2) is 32.3 Å². The molecule has 0 spiro atoms. The molecule has 1 amide bonds. The number of carbonyl (C=O) groups excluding carboxylic acids is 1. The number of halogens is 1. The number of carbonyl (C=O) groups is 1. The van der Waals surface area contributed by atoms with Gasteiger partial charge in [0, 0.05) is 35.9 Å². The molecule has 0 radical (unpaired) electrons. The minimum Gasteiger partial charge on any atom is -0.267 e. The monoisotopic (exact) mass is 300 g/mol. The molecular formula is C13H9ClN6O. The third kappa shape index (κ3) is 2.72. The molecular weight excluding hydrogens is 292 g/mol. The van der Waals surface area contributed by atoms with Crippen LogP contribution in [0.15, 0.2) is 42.0 Å². The van der Waals surface area contributed by atoms with E-state index >= 15 is 0 Å². The van der Waals surface area contributed by atoms with Crippen LogP contribution in [0.25, 0.3) is 10.9 Å². The second kappa shape index (κ2) is 5.68. The Balaban J connectivity index is 1.78. The molecule has 3 heterocycles. The van der Waals surface area contributed by atoms with E-state index in [-0.39, 0.29) is 5.91 Å². The Bertz CT molecular complexity index is 814. The van der Waals surface area contributed by atoms with E-state index < -0.39 is 0 Å². The standard InChI is InChI=1S/C13H9ClN6O/c14-12-10-7-16-5-9(11(10)18-19-12)6-17-20-13(21)8-1-3-15-4-2-8/h1-7H,(H,18,19)(H,20,21). The van der Waals surface area contributed by atoms with Crippen molar-refractivity contribution in [1.29, 1.82) is 0 Å². The number of hydrazone groups is 1. The molecule has 0 aliphatic carbocycles. The van der Waals surface area contributed by atoms with Crippen LogP contribution in [0, 0.1) is 0 Å². The van der Waals surface area contributed by atoms with Gasteiger partial charge in [0.1, 0.15) is 10.7 Å². The number of rotatable bonds is 3. The van der Waals surface area contributed by atoms with Crippen molar-refractivity contribution in [2.45, 2.75) is 0 Å². The molecule has 0 unspecified atom stereocenters. The summed E-state index contributed by atoms with van der Waals surface area (Å²) in [6.07, 6.45) is 7.73. The fourth-order valence-electron chi connectivity index (χ4n) is 1.74. The summed E-state index contributed by atoms with van der Waals surface area (Å²) >= 11 is 5.93. The molecule has 0 aliphatic heterocycles. The molecule has 0 bridgehead atoms. The van der Waals surface area contributed by atoms with Gasteiger partial charge in [0.15, 0.2) is 0 Å². The van der Waals surface area contributed by atoms with E-state index in [2.05, 4.69) is 30.7 Å². The van der Waals surface area contributed by atoms with E-state index in [1.807, 2.05) is 0 Å². The molecule has 0 fully saturated rings. The van der Waals surface area contributed by atoms with Crippen molar-refractivity contribution in [2.24, 2.45) is 5.10 Å². The molecule has 0 atom stereocenters. The second-order valence-electron chi connectivity index (χ2n) is 4.10. The molecule has 0 saturated heterocycles. The van der Waals surface area contributed by atoms with Crippen LogP contribution < -0.4 is 5.43 Å². The van der Waals surface area contributed by atoms with Gasteiger partial charge in [0.25, 0.3) is 5.91 Å². The van der Waals surface area contributed by atoms with E-state index in [0.29, 0.717) is 27.2 Å². The first-order valence-electron chi connectivity index (χ1n) is 5.96. The van der Waals surface area contributed by atoms with Crippen LogP contribution in [0.4, 0.5) is 0 Å². The van der Waals surface area contributed by atoms with Gasteiger partial charge in [-0.15, -0.1) is 0 Å². The average Bonchev–Trinajstić information content (AvgIpc) is 2.91. The van der Waals surface area contributed by atoms with Gasteiger partial charge in [-0.1, -0.05) is 11.6 Å². The summed E-state index contributed by atoms with van der Waals surface area (Å²) in [5.41, 5.74) is 4.18. The number of H-pyrrole nitrogens is 1. The normalized spacial score (nSPS) is 11.1. The Labute approximate surface area is 124 Å². The van der Waals surface area contributed by atoms with Gasteiger partial charge in [-0.05, 0) is 12.1 Å². The predicted molar refractivity (Wildman–Crippen MR) is 78.2 cm³/mol. The average molecular weight is 301 g/mol. The van der Waals surface area contributed by atoms with Crippen molar-refractivity contribution >= 4 is 34.6 Å². The lowest BCUT2D eigenvalue weighted by Crippen LogP contribution is -2.17. The Kier molecular flexibility index (Phi) is 3.57. The molecule has 2 N–H and O–H groups in total. The lowest BCUT2D eigenvalue weighted by molar-refractivity contribution is 0.0955. The van der Waals surface area contributed by atoms with Crippen LogP contribution >= 0.6 is 11.6 Å². The molecule has 104 valence electrons. The topological polar surface area (TPSA) is 95.9 Å². The summed E-state index contributed by atoms with van der Waals surface area (Å²) in [7, 11) is 0. The number of hydrogen-bond acceptors (Lipinski definition) is 5. The molecule has 3 aromatic rings. The minimum atomic E-state index is -0.325. The predicted octanol–water partition coefficient (Wildman–Crippen LogP) is 1.77. The van der Waals surface area contributed by atoms with Gasteiger partial charge in [-0.2, -0.15) is 10.2 Å². The highest BCUT2D eigenvalue weighted by atomic mass is 35.5. The van der Waals surface area contributed by atoms with Crippen LogP contribution in [0.5, 0.6) is 0 Å². The Morgan fingerprint density at radius 3 is 2.90 bits per heavy atom.